The van der Waals surface area contributed by atoms with E-state index in [4.69, 9.17) is 4.42 Å². The molecule has 0 spiro atoms. The molecule has 1 aliphatic heterocycles. The highest BCUT2D eigenvalue weighted by Crippen LogP contribution is 2.30. The lowest BCUT2D eigenvalue weighted by Gasteiger charge is -2.30. The molecular formula is C20H22N2O2S. The van der Waals surface area contributed by atoms with E-state index in [-0.39, 0.29) is 5.91 Å². The average Bonchev–Trinajstić information content (AvgIpc) is 3.31. The number of oxazole rings is 1. The van der Waals surface area contributed by atoms with Crippen LogP contribution in [0.25, 0.3) is 11.1 Å². The molecule has 130 valence electrons. The van der Waals surface area contributed by atoms with Gasteiger partial charge in [-0.25, -0.2) is 4.98 Å². The molecule has 0 aliphatic carbocycles. The molecule has 3 aromatic rings. The molecule has 1 aliphatic rings. The van der Waals surface area contributed by atoms with Gasteiger partial charge in [0.1, 0.15) is 5.52 Å². The summed E-state index contributed by atoms with van der Waals surface area (Å²) in [6.07, 6.45) is 4.45. The first-order valence-corrected chi connectivity index (χ1v) is 9.83. The Morgan fingerprint density at radius 3 is 2.80 bits per heavy atom. The highest BCUT2D eigenvalue weighted by atomic mass is 32.1. The number of benzene rings is 1. The fourth-order valence-corrected chi connectivity index (χ4v) is 4.22. The molecule has 0 bridgehead atoms. The zero-order valence-electron chi connectivity index (χ0n) is 14.2. The number of carbonyl (C=O) groups excluding carboxylic acids is 1. The second-order valence-electron chi connectivity index (χ2n) is 6.61. The first-order chi connectivity index (χ1) is 12.3. The molecule has 3 heterocycles. The summed E-state index contributed by atoms with van der Waals surface area (Å²) in [6, 6.07) is 12.1. The second kappa shape index (κ2) is 7.40. The van der Waals surface area contributed by atoms with Crippen molar-refractivity contribution in [1.29, 1.82) is 0 Å². The van der Waals surface area contributed by atoms with Crippen LogP contribution in [0.4, 0.5) is 0 Å². The molecule has 1 amide bonds. The number of fused-ring (bicyclic) bond motifs is 1. The number of hydrogen-bond acceptors (Lipinski definition) is 4. The predicted octanol–water partition coefficient (Wildman–Crippen LogP) is 4.62. The van der Waals surface area contributed by atoms with Gasteiger partial charge in [0.2, 0.25) is 5.91 Å². The van der Waals surface area contributed by atoms with E-state index >= 15 is 0 Å². The number of para-hydroxylation sites is 2. The van der Waals surface area contributed by atoms with Crippen molar-refractivity contribution in [2.45, 2.75) is 38.0 Å². The van der Waals surface area contributed by atoms with Crippen molar-refractivity contribution < 1.29 is 9.21 Å². The van der Waals surface area contributed by atoms with E-state index in [2.05, 4.69) is 22.5 Å². The van der Waals surface area contributed by atoms with Crippen LogP contribution in [-0.2, 0) is 11.2 Å². The summed E-state index contributed by atoms with van der Waals surface area (Å²) >= 11 is 1.77. The van der Waals surface area contributed by atoms with Gasteiger partial charge in [-0.15, -0.1) is 11.3 Å². The molecule has 5 heteroatoms. The molecule has 1 saturated heterocycles. The summed E-state index contributed by atoms with van der Waals surface area (Å²) in [5, 5.41) is 2.09. The molecule has 25 heavy (non-hydrogen) atoms. The molecule has 2 aromatic heterocycles. The number of likely N-dealkylation sites (tertiary alicyclic amines) is 1. The van der Waals surface area contributed by atoms with Crippen molar-refractivity contribution in [2.24, 2.45) is 0 Å². The number of thiophene rings is 1. The van der Waals surface area contributed by atoms with E-state index in [1.165, 1.54) is 4.88 Å². The topological polar surface area (TPSA) is 46.3 Å². The molecule has 0 atom stereocenters. The summed E-state index contributed by atoms with van der Waals surface area (Å²) in [5.74, 6) is 1.43. The van der Waals surface area contributed by atoms with Crippen molar-refractivity contribution >= 4 is 28.3 Å². The molecule has 0 saturated carbocycles. The molecule has 1 aromatic carbocycles. The van der Waals surface area contributed by atoms with E-state index in [1.807, 2.05) is 29.2 Å². The van der Waals surface area contributed by atoms with Crippen LogP contribution in [0.1, 0.15) is 42.4 Å². The van der Waals surface area contributed by atoms with Crippen LogP contribution in [0.5, 0.6) is 0 Å². The first-order valence-electron chi connectivity index (χ1n) is 8.95. The van der Waals surface area contributed by atoms with Gasteiger partial charge in [-0.3, -0.25) is 4.79 Å². The van der Waals surface area contributed by atoms with Gasteiger partial charge in [-0.2, -0.15) is 0 Å². The highest BCUT2D eigenvalue weighted by molar-refractivity contribution is 7.09. The van der Waals surface area contributed by atoms with E-state index in [0.29, 0.717) is 12.3 Å². The van der Waals surface area contributed by atoms with Gasteiger partial charge in [0.15, 0.2) is 11.5 Å². The van der Waals surface area contributed by atoms with Gasteiger partial charge in [0.25, 0.3) is 0 Å². The first kappa shape index (κ1) is 16.3. The van der Waals surface area contributed by atoms with Gasteiger partial charge in [0, 0.05) is 30.3 Å². The fraction of sp³-hybridized carbons (Fsp3) is 0.400. The Morgan fingerprint density at radius 2 is 2.04 bits per heavy atom. The van der Waals surface area contributed by atoms with Crippen molar-refractivity contribution in [2.75, 3.05) is 13.1 Å². The normalized spacial score (nSPS) is 15.8. The summed E-state index contributed by atoms with van der Waals surface area (Å²) < 4.78 is 5.90. The van der Waals surface area contributed by atoms with Crippen LogP contribution < -0.4 is 0 Å². The van der Waals surface area contributed by atoms with Crippen LogP contribution in [0, 0.1) is 0 Å². The molecule has 1 fully saturated rings. The minimum Gasteiger partial charge on any atom is -0.440 e. The van der Waals surface area contributed by atoms with Gasteiger partial charge in [-0.05, 0) is 49.3 Å². The maximum Gasteiger partial charge on any atom is 0.222 e. The van der Waals surface area contributed by atoms with E-state index in [9.17, 15) is 4.79 Å². The Hall–Kier alpha value is -2.14. The molecule has 4 rings (SSSR count). The van der Waals surface area contributed by atoms with E-state index in [1.54, 1.807) is 11.3 Å². The lowest BCUT2D eigenvalue weighted by atomic mass is 9.96. The van der Waals surface area contributed by atoms with Crippen molar-refractivity contribution in [3.05, 3.63) is 52.5 Å². The standard InChI is InChI=1S/C20H22N2O2S/c23-19(9-3-5-16-6-4-14-25-16)22-12-10-15(11-13-22)20-21-17-7-1-2-8-18(17)24-20/h1-2,4,6-8,14-15H,3,5,9-13H2. The third-order valence-corrected chi connectivity index (χ3v) is 5.84. The van der Waals surface area contributed by atoms with Crippen LogP contribution in [0.15, 0.2) is 46.2 Å². The third-order valence-electron chi connectivity index (χ3n) is 4.90. The number of aromatic nitrogens is 1. The number of carbonyl (C=O) groups is 1. The van der Waals surface area contributed by atoms with E-state index < -0.39 is 0 Å². The molecule has 0 radical (unpaired) electrons. The Labute approximate surface area is 151 Å². The van der Waals surface area contributed by atoms with Crippen LogP contribution >= 0.6 is 11.3 Å². The summed E-state index contributed by atoms with van der Waals surface area (Å²) in [4.78, 5) is 20.4. The summed E-state index contributed by atoms with van der Waals surface area (Å²) in [6.45, 7) is 1.61. The Kier molecular flexibility index (Phi) is 4.83. The Morgan fingerprint density at radius 1 is 1.20 bits per heavy atom. The van der Waals surface area contributed by atoms with Crippen LogP contribution in [0.3, 0.4) is 0 Å². The lowest BCUT2D eigenvalue weighted by molar-refractivity contribution is -0.132. The van der Waals surface area contributed by atoms with Gasteiger partial charge < -0.3 is 9.32 Å². The second-order valence-corrected chi connectivity index (χ2v) is 7.64. The number of rotatable bonds is 5. The quantitative estimate of drug-likeness (QED) is 0.672. The largest absolute Gasteiger partial charge is 0.440 e. The lowest BCUT2D eigenvalue weighted by Crippen LogP contribution is -2.37. The minimum absolute atomic E-state index is 0.285. The van der Waals surface area contributed by atoms with Crippen molar-refractivity contribution in [3.63, 3.8) is 0 Å². The maximum absolute atomic E-state index is 12.4. The Bertz CT molecular complexity index is 799. The van der Waals surface area contributed by atoms with Crippen molar-refractivity contribution in [1.82, 2.24) is 9.88 Å². The minimum atomic E-state index is 0.285. The summed E-state index contributed by atoms with van der Waals surface area (Å²) in [7, 11) is 0. The third kappa shape index (κ3) is 3.76. The predicted molar refractivity (Wildman–Crippen MR) is 99.8 cm³/mol. The number of piperidine rings is 1. The summed E-state index contributed by atoms with van der Waals surface area (Å²) in [5.41, 5.74) is 1.77. The van der Waals surface area contributed by atoms with Crippen LogP contribution in [0.2, 0.25) is 0 Å². The smallest absolute Gasteiger partial charge is 0.222 e. The average molecular weight is 354 g/mol. The monoisotopic (exact) mass is 354 g/mol. The highest BCUT2D eigenvalue weighted by Gasteiger charge is 2.26. The molecule has 0 unspecified atom stereocenters. The number of nitrogens with zero attached hydrogens (tertiary/aromatic N) is 2. The molecule has 4 nitrogen and oxygen atoms in total. The van der Waals surface area contributed by atoms with Crippen molar-refractivity contribution in [3.8, 4) is 0 Å². The maximum atomic E-state index is 12.4. The fourth-order valence-electron chi connectivity index (χ4n) is 3.47. The molecular weight excluding hydrogens is 332 g/mol. The number of amides is 1. The van der Waals surface area contributed by atoms with Gasteiger partial charge >= 0.3 is 0 Å². The molecule has 0 N–H and O–H groups in total. The van der Waals surface area contributed by atoms with Gasteiger partial charge in [-0.1, -0.05) is 18.2 Å². The SMILES string of the molecule is O=C(CCCc1cccs1)N1CCC(c2nc3ccccc3o2)CC1. The number of hydrogen-bond donors (Lipinski definition) is 0. The zero-order chi connectivity index (χ0) is 17.1. The van der Waals surface area contributed by atoms with E-state index in [0.717, 1.165) is 55.8 Å². The van der Waals surface area contributed by atoms with Crippen LogP contribution in [-0.4, -0.2) is 28.9 Å². The van der Waals surface area contributed by atoms with Gasteiger partial charge in [0.05, 0.1) is 0 Å². The number of aryl methyl sites for hydroxylation is 1. The zero-order valence-corrected chi connectivity index (χ0v) is 15.0. The Balaban J connectivity index is 1.28.